The maximum Gasteiger partial charge on any atom is 0.312 e. The standard InChI is InChI=1S/C22H30N4O6S/c27-20(18-5-4-8-26(17-18)33(30,31)19-6-2-1-3-7-19)23-9-11-24(12-10-23)21(28)22(29)25-13-15-32-16-14-25/h1-3,6-7,18H,4-5,8-17H2. The zero-order chi connectivity index (χ0) is 23.4. The number of benzene rings is 1. The minimum absolute atomic E-state index is 0.0884. The predicted octanol–water partition coefficient (Wildman–Crippen LogP) is -0.383. The van der Waals surface area contributed by atoms with E-state index in [1.54, 1.807) is 35.2 Å². The van der Waals surface area contributed by atoms with Gasteiger partial charge in [-0.1, -0.05) is 18.2 Å². The summed E-state index contributed by atoms with van der Waals surface area (Å²) >= 11 is 0. The van der Waals surface area contributed by atoms with Gasteiger partial charge in [0.15, 0.2) is 0 Å². The number of carbonyl (C=O) groups excluding carboxylic acids is 3. The van der Waals surface area contributed by atoms with Crippen molar-refractivity contribution in [1.82, 2.24) is 19.0 Å². The summed E-state index contributed by atoms with van der Waals surface area (Å²) in [5, 5.41) is 0. The fourth-order valence-electron chi connectivity index (χ4n) is 4.53. The molecule has 10 nitrogen and oxygen atoms in total. The maximum atomic E-state index is 13.1. The van der Waals surface area contributed by atoms with Crippen molar-refractivity contribution >= 4 is 27.7 Å². The van der Waals surface area contributed by atoms with Gasteiger partial charge in [0.05, 0.1) is 24.0 Å². The first-order valence-electron chi connectivity index (χ1n) is 11.4. The maximum absolute atomic E-state index is 13.1. The second-order valence-corrected chi connectivity index (χ2v) is 10.5. The third kappa shape index (κ3) is 5.20. The smallest absolute Gasteiger partial charge is 0.312 e. The molecule has 1 unspecified atom stereocenters. The molecular weight excluding hydrogens is 448 g/mol. The summed E-state index contributed by atoms with van der Waals surface area (Å²) in [5.74, 6) is -1.56. The van der Waals surface area contributed by atoms with Gasteiger partial charge in [0.25, 0.3) is 0 Å². The Hall–Kier alpha value is -2.50. The molecule has 0 aliphatic carbocycles. The Balaban J connectivity index is 1.32. The van der Waals surface area contributed by atoms with Crippen LogP contribution in [0.1, 0.15) is 12.8 Å². The number of sulfonamides is 1. The number of ether oxygens (including phenoxy) is 1. The van der Waals surface area contributed by atoms with Crippen LogP contribution >= 0.6 is 0 Å². The molecule has 1 aromatic rings. The third-order valence-corrected chi connectivity index (χ3v) is 8.35. The number of amides is 3. The molecule has 11 heteroatoms. The minimum Gasteiger partial charge on any atom is -0.378 e. The van der Waals surface area contributed by atoms with Crippen LogP contribution in [-0.4, -0.2) is 111 Å². The molecule has 3 fully saturated rings. The summed E-state index contributed by atoms with van der Waals surface area (Å²) in [7, 11) is -3.64. The third-order valence-electron chi connectivity index (χ3n) is 6.47. The first-order valence-corrected chi connectivity index (χ1v) is 12.8. The van der Waals surface area contributed by atoms with Crippen molar-refractivity contribution in [3.63, 3.8) is 0 Å². The Labute approximate surface area is 194 Å². The van der Waals surface area contributed by atoms with E-state index in [2.05, 4.69) is 0 Å². The number of nitrogens with zero attached hydrogens (tertiary/aromatic N) is 4. The molecule has 4 rings (SSSR count). The first-order chi connectivity index (χ1) is 15.9. The molecule has 0 N–H and O–H groups in total. The van der Waals surface area contributed by atoms with Crippen LogP contribution in [0, 0.1) is 5.92 Å². The zero-order valence-electron chi connectivity index (χ0n) is 18.6. The molecule has 180 valence electrons. The number of hydrogen-bond donors (Lipinski definition) is 0. The topological polar surface area (TPSA) is 108 Å². The van der Waals surface area contributed by atoms with Crippen molar-refractivity contribution in [2.45, 2.75) is 17.7 Å². The van der Waals surface area contributed by atoms with Crippen LogP contribution in [0.25, 0.3) is 0 Å². The summed E-state index contributed by atoms with van der Waals surface area (Å²) < 4.78 is 32.5. The van der Waals surface area contributed by atoms with Crippen molar-refractivity contribution < 1.29 is 27.5 Å². The molecule has 0 spiro atoms. The second kappa shape index (κ2) is 10.2. The van der Waals surface area contributed by atoms with Gasteiger partial charge in [0.2, 0.25) is 15.9 Å². The lowest BCUT2D eigenvalue weighted by Gasteiger charge is -2.39. The largest absolute Gasteiger partial charge is 0.378 e. The highest BCUT2D eigenvalue weighted by atomic mass is 32.2. The molecule has 0 bridgehead atoms. The molecule has 0 saturated carbocycles. The van der Waals surface area contributed by atoms with Crippen LogP contribution in [0.15, 0.2) is 35.2 Å². The van der Waals surface area contributed by atoms with Gasteiger partial charge < -0.3 is 19.4 Å². The van der Waals surface area contributed by atoms with E-state index in [4.69, 9.17) is 4.74 Å². The minimum atomic E-state index is -3.64. The molecule has 3 heterocycles. The Morgan fingerprint density at radius 1 is 0.788 bits per heavy atom. The summed E-state index contributed by atoms with van der Waals surface area (Å²) in [6.45, 7) is 3.49. The molecular formula is C22H30N4O6S. The van der Waals surface area contributed by atoms with E-state index >= 15 is 0 Å². The van der Waals surface area contributed by atoms with Crippen LogP contribution in [0.2, 0.25) is 0 Å². The molecule has 3 saturated heterocycles. The lowest BCUT2D eigenvalue weighted by molar-refractivity contribution is -0.156. The predicted molar refractivity (Wildman–Crippen MR) is 118 cm³/mol. The van der Waals surface area contributed by atoms with Gasteiger partial charge in [-0.15, -0.1) is 0 Å². The van der Waals surface area contributed by atoms with E-state index in [0.717, 1.165) is 0 Å². The van der Waals surface area contributed by atoms with Crippen molar-refractivity contribution in [3.8, 4) is 0 Å². The van der Waals surface area contributed by atoms with E-state index in [-0.39, 0.29) is 17.3 Å². The molecule has 1 atom stereocenters. The Bertz CT molecular complexity index is 972. The van der Waals surface area contributed by atoms with E-state index in [9.17, 15) is 22.8 Å². The van der Waals surface area contributed by atoms with Gasteiger partial charge in [0.1, 0.15) is 0 Å². The first kappa shape index (κ1) is 23.7. The van der Waals surface area contributed by atoms with E-state index < -0.39 is 27.8 Å². The summed E-state index contributed by atoms with van der Waals surface area (Å²) in [6.07, 6.45) is 1.25. The highest BCUT2D eigenvalue weighted by Crippen LogP contribution is 2.25. The Morgan fingerprint density at radius 3 is 2.00 bits per heavy atom. The van der Waals surface area contributed by atoms with Crippen molar-refractivity contribution in [2.24, 2.45) is 5.92 Å². The Kier molecular flexibility index (Phi) is 7.30. The second-order valence-electron chi connectivity index (χ2n) is 8.54. The molecule has 3 aliphatic heterocycles. The lowest BCUT2D eigenvalue weighted by atomic mass is 9.97. The molecule has 0 aromatic heterocycles. The molecule has 1 aromatic carbocycles. The summed E-state index contributed by atoms with van der Waals surface area (Å²) in [4.78, 5) is 43.1. The van der Waals surface area contributed by atoms with Crippen LogP contribution in [-0.2, 0) is 29.1 Å². The highest BCUT2D eigenvalue weighted by Gasteiger charge is 2.37. The van der Waals surface area contributed by atoms with Crippen LogP contribution < -0.4 is 0 Å². The van der Waals surface area contributed by atoms with Crippen LogP contribution in [0.3, 0.4) is 0 Å². The van der Waals surface area contributed by atoms with Crippen LogP contribution in [0.5, 0.6) is 0 Å². The highest BCUT2D eigenvalue weighted by molar-refractivity contribution is 7.89. The molecule has 3 amide bonds. The van der Waals surface area contributed by atoms with Crippen molar-refractivity contribution in [3.05, 3.63) is 30.3 Å². The zero-order valence-corrected chi connectivity index (χ0v) is 19.4. The van der Waals surface area contributed by atoms with E-state index in [0.29, 0.717) is 71.9 Å². The fourth-order valence-corrected chi connectivity index (χ4v) is 6.07. The van der Waals surface area contributed by atoms with Gasteiger partial charge in [-0.2, -0.15) is 4.31 Å². The number of carbonyl (C=O) groups is 3. The normalized spacial score (nSPS) is 22.8. The Morgan fingerprint density at radius 2 is 1.36 bits per heavy atom. The molecule has 0 radical (unpaired) electrons. The van der Waals surface area contributed by atoms with Gasteiger partial charge in [0, 0.05) is 52.4 Å². The number of piperidine rings is 1. The molecule has 3 aliphatic rings. The molecule has 33 heavy (non-hydrogen) atoms. The van der Waals surface area contributed by atoms with Gasteiger partial charge in [-0.3, -0.25) is 14.4 Å². The summed E-state index contributed by atoms with van der Waals surface area (Å²) in [5.41, 5.74) is 0. The van der Waals surface area contributed by atoms with Crippen molar-refractivity contribution in [2.75, 3.05) is 65.6 Å². The van der Waals surface area contributed by atoms with Gasteiger partial charge in [-0.25, -0.2) is 8.42 Å². The van der Waals surface area contributed by atoms with Crippen LogP contribution in [0.4, 0.5) is 0 Å². The average Bonchev–Trinajstić information content (AvgIpc) is 2.88. The average molecular weight is 479 g/mol. The quantitative estimate of drug-likeness (QED) is 0.548. The number of hydrogen-bond acceptors (Lipinski definition) is 6. The number of piperazine rings is 1. The van der Waals surface area contributed by atoms with E-state index in [1.807, 2.05) is 0 Å². The number of rotatable bonds is 3. The van der Waals surface area contributed by atoms with Crippen molar-refractivity contribution in [1.29, 1.82) is 0 Å². The SMILES string of the molecule is O=C(C(=O)N1CCN(C(=O)C2CCCN(S(=O)(=O)c3ccccc3)C2)CC1)N1CCOCC1. The lowest BCUT2D eigenvalue weighted by Crippen LogP contribution is -2.57. The number of morpholine rings is 1. The van der Waals surface area contributed by atoms with Gasteiger partial charge >= 0.3 is 11.8 Å². The van der Waals surface area contributed by atoms with Gasteiger partial charge in [-0.05, 0) is 25.0 Å². The van der Waals surface area contributed by atoms with E-state index in [1.165, 1.54) is 14.1 Å². The monoisotopic (exact) mass is 478 g/mol. The fraction of sp³-hybridized carbons (Fsp3) is 0.591. The summed E-state index contributed by atoms with van der Waals surface area (Å²) in [6, 6.07) is 8.26.